The molecule has 2 aromatic carbocycles. The van der Waals surface area contributed by atoms with E-state index >= 15 is 0 Å². The van der Waals surface area contributed by atoms with Crippen molar-refractivity contribution in [3.05, 3.63) is 65.5 Å². The van der Waals surface area contributed by atoms with Crippen LogP contribution >= 0.6 is 0 Å². The summed E-state index contributed by atoms with van der Waals surface area (Å²) in [6, 6.07) is 13.6. The van der Waals surface area contributed by atoms with Gasteiger partial charge in [-0.05, 0) is 41.8 Å². The summed E-state index contributed by atoms with van der Waals surface area (Å²) >= 11 is 0. The van der Waals surface area contributed by atoms with Crippen molar-refractivity contribution in [1.82, 2.24) is 5.32 Å². The Hall–Kier alpha value is -2.40. The van der Waals surface area contributed by atoms with Crippen LogP contribution in [0.1, 0.15) is 24.1 Å². The van der Waals surface area contributed by atoms with Gasteiger partial charge in [0.25, 0.3) is 0 Å². The molecule has 0 spiro atoms. The van der Waals surface area contributed by atoms with Crippen molar-refractivity contribution in [3.8, 4) is 5.75 Å². The molecule has 0 aliphatic carbocycles. The molecule has 0 aliphatic heterocycles. The van der Waals surface area contributed by atoms with E-state index in [1.165, 1.54) is 12.1 Å². The number of carbonyl (C=O) groups excluding carboxylic acids is 1. The first kappa shape index (κ1) is 17.9. The van der Waals surface area contributed by atoms with Crippen molar-refractivity contribution in [2.24, 2.45) is 11.7 Å². The molecule has 0 saturated heterocycles. The van der Waals surface area contributed by atoms with Gasteiger partial charge < -0.3 is 15.8 Å². The first-order chi connectivity index (χ1) is 11.5. The predicted molar refractivity (Wildman–Crippen MR) is 92.2 cm³/mol. The van der Waals surface area contributed by atoms with Crippen molar-refractivity contribution in [2.45, 2.75) is 19.4 Å². The van der Waals surface area contributed by atoms with Crippen molar-refractivity contribution in [2.75, 3.05) is 13.7 Å². The van der Waals surface area contributed by atoms with E-state index in [9.17, 15) is 9.18 Å². The van der Waals surface area contributed by atoms with Gasteiger partial charge in [0.05, 0.1) is 13.2 Å². The van der Waals surface area contributed by atoms with Crippen LogP contribution in [0.2, 0.25) is 0 Å². The molecule has 0 fully saturated rings. The van der Waals surface area contributed by atoms with Crippen molar-refractivity contribution >= 4 is 5.91 Å². The lowest BCUT2D eigenvalue weighted by Crippen LogP contribution is -2.36. The van der Waals surface area contributed by atoms with Gasteiger partial charge in [0.15, 0.2) is 0 Å². The van der Waals surface area contributed by atoms with Crippen LogP contribution in [0.25, 0.3) is 0 Å². The zero-order chi connectivity index (χ0) is 17.5. The molecule has 0 bridgehead atoms. The highest BCUT2D eigenvalue weighted by molar-refractivity contribution is 5.79. The van der Waals surface area contributed by atoms with Crippen LogP contribution in [0.15, 0.2) is 48.5 Å². The summed E-state index contributed by atoms with van der Waals surface area (Å²) in [5.74, 6) is 0.112. The van der Waals surface area contributed by atoms with Gasteiger partial charge >= 0.3 is 0 Å². The van der Waals surface area contributed by atoms with Crippen LogP contribution in [0.3, 0.4) is 0 Å². The molecule has 128 valence electrons. The number of nitrogens with one attached hydrogen (secondary N) is 1. The normalized spacial score (nSPS) is 13.2. The van der Waals surface area contributed by atoms with Crippen LogP contribution < -0.4 is 15.8 Å². The molecule has 1 amide bonds. The molecule has 4 nitrogen and oxygen atoms in total. The largest absolute Gasteiger partial charge is 0.497 e. The van der Waals surface area contributed by atoms with Gasteiger partial charge in [-0.15, -0.1) is 0 Å². The van der Waals surface area contributed by atoms with Crippen LogP contribution in [0.5, 0.6) is 5.75 Å². The second-order valence-electron chi connectivity index (χ2n) is 5.80. The Morgan fingerprint density at radius 2 is 1.79 bits per heavy atom. The van der Waals surface area contributed by atoms with E-state index in [-0.39, 0.29) is 30.2 Å². The number of hydrogen-bond acceptors (Lipinski definition) is 3. The Morgan fingerprint density at radius 1 is 1.17 bits per heavy atom. The lowest BCUT2D eigenvalue weighted by molar-refractivity contribution is -0.125. The monoisotopic (exact) mass is 330 g/mol. The van der Waals surface area contributed by atoms with E-state index in [1.54, 1.807) is 26.2 Å². The summed E-state index contributed by atoms with van der Waals surface area (Å²) in [5, 5.41) is 3.03. The maximum atomic E-state index is 13.1. The van der Waals surface area contributed by atoms with Gasteiger partial charge in [-0.1, -0.05) is 31.2 Å². The molecule has 5 heteroatoms. The van der Waals surface area contributed by atoms with Crippen LogP contribution in [0, 0.1) is 11.7 Å². The van der Waals surface area contributed by atoms with Crippen molar-refractivity contribution in [3.63, 3.8) is 0 Å². The number of nitrogens with two attached hydrogens (primary N) is 1. The minimum Gasteiger partial charge on any atom is -0.497 e. The highest BCUT2D eigenvalue weighted by atomic mass is 19.1. The average Bonchev–Trinajstić information content (AvgIpc) is 2.62. The molecule has 0 aliphatic rings. The Balaban J connectivity index is 2.22. The number of benzene rings is 2. The lowest BCUT2D eigenvalue weighted by Gasteiger charge is -2.21. The standard InChI is InChI=1S/C19H23FN2O2/c1-13(12-21)19(23)22-18(11-14-3-7-16(20)8-4-14)15-5-9-17(24-2)10-6-15/h3-10,13,18H,11-12,21H2,1-2H3,(H,22,23). The third-order valence-corrected chi connectivity index (χ3v) is 3.99. The van der Waals surface area contributed by atoms with Crippen molar-refractivity contribution < 1.29 is 13.9 Å². The fourth-order valence-electron chi connectivity index (χ4n) is 2.37. The quantitative estimate of drug-likeness (QED) is 0.820. The highest BCUT2D eigenvalue weighted by Gasteiger charge is 2.19. The topological polar surface area (TPSA) is 64.3 Å². The SMILES string of the molecule is COc1ccc(C(Cc2ccc(F)cc2)NC(=O)C(C)CN)cc1. The Labute approximate surface area is 141 Å². The second kappa shape index (κ2) is 8.45. The summed E-state index contributed by atoms with van der Waals surface area (Å²) in [4.78, 5) is 12.2. The molecule has 3 N–H and O–H groups in total. The van der Waals surface area contributed by atoms with Crippen LogP contribution in [-0.4, -0.2) is 19.6 Å². The minimum atomic E-state index is -0.277. The Bertz CT molecular complexity index is 656. The molecular weight excluding hydrogens is 307 g/mol. The number of hydrogen-bond donors (Lipinski definition) is 2. The Morgan fingerprint density at radius 3 is 2.33 bits per heavy atom. The fourth-order valence-corrected chi connectivity index (χ4v) is 2.37. The number of rotatable bonds is 7. The molecule has 2 atom stereocenters. The third kappa shape index (κ3) is 4.80. The molecule has 0 saturated carbocycles. The Kier molecular flexibility index (Phi) is 6.32. The van der Waals surface area contributed by atoms with E-state index in [0.717, 1.165) is 16.9 Å². The number of methoxy groups -OCH3 is 1. The summed E-state index contributed by atoms with van der Waals surface area (Å²) in [7, 11) is 1.61. The number of amides is 1. The molecule has 2 rings (SSSR count). The van der Waals surface area contributed by atoms with E-state index < -0.39 is 0 Å². The second-order valence-corrected chi connectivity index (χ2v) is 5.80. The minimum absolute atomic E-state index is 0.0968. The molecule has 24 heavy (non-hydrogen) atoms. The highest BCUT2D eigenvalue weighted by Crippen LogP contribution is 2.22. The van der Waals surface area contributed by atoms with E-state index in [1.807, 2.05) is 24.3 Å². The predicted octanol–water partition coefficient (Wildman–Crippen LogP) is 2.83. The van der Waals surface area contributed by atoms with E-state index in [0.29, 0.717) is 6.42 Å². The first-order valence-electron chi connectivity index (χ1n) is 7.92. The molecular formula is C19H23FN2O2. The summed E-state index contributed by atoms with van der Waals surface area (Å²) in [5.41, 5.74) is 7.47. The molecule has 2 aromatic rings. The van der Waals surface area contributed by atoms with Gasteiger partial charge in [-0.25, -0.2) is 4.39 Å². The number of ether oxygens (including phenoxy) is 1. The maximum Gasteiger partial charge on any atom is 0.224 e. The third-order valence-electron chi connectivity index (χ3n) is 3.99. The maximum absolute atomic E-state index is 13.1. The molecule has 2 unspecified atom stereocenters. The summed E-state index contributed by atoms with van der Waals surface area (Å²) in [6.07, 6.45) is 0.565. The van der Waals surface area contributed by atoms with Gasteiger partial charge in [0.1, 0.15) is 11.6 Å². The zero-order valence-electron chi connectivity index (χ0n) is 14.0. The number of halogens is 1. The van der Waals surface area contributed by atoms with Crippen LogP contribution in [-0.2, 0) is 11.2 Å². The van der Waals surface area contributed by atoms with E-state index in [4.69, 9.17) is 10.5 Å². The molecule has 0 radical (unpaired) electrons. The van der Waals surface area contributed by atoms with Gasteiger partial charge in [0.2, 0.25) is 5.91 Å². The fraction of sp³-hybridized carbons (Fsp3) is 0.316. The smallest absolute Gasteiger partial charge is 0.224 e. The summed E-state index contributed by atoms with van der Waals surface area (Å²) in [6.45, 7) is 2.08. The number of carbonyl (C=O) groups is 1. The molecule has 0 aromatic heterocycles. The lowest BCUT2D eigenvalue weighted by atomic mass is 9.97. The van der Waals surface area contributed by atoms with Gasteiger partial charge in [0, 0.05) is 12.5 Å². The first-order valence-corrected chi connectivity index (χ1v) is 7.92. The van der Waals surface area contributed by atoms with Gasteiger partial charge in [-0.2, -0.15) is 0 Å². The molecule has 0 heterocycles. The zero-order valence-corrected chi connectivity index (χ0v) is 14.0. The van der Waals surface area contributed by atoms with Crippen LogP contribution in [0.4, 0.5) is 4.39 Å². The van der Waals surface area contributed by atoms with Gasteiger partial charge in [-0.3, -0.25) is 4.79 Å². The van der Waals surface area contributed by atoms with Crippen molar-refractivity contribution in [1.29, 1.82) is 0 Å². The summed E-state index contributed by atoms with van der Waals surface area (Å²) < 4.78 is 18.3. The van der Waals surface area contributed by atoms with E-state index in [2.05, 4.69) is 5.32 Å². The average molecular weight is 330 g/mol.